The van der Waals surface area contributed by atoms with E-state index in [-0.39, 0.29) is 11.7 Å². The number of rotatable bonds is 5. The van der Waals surface area contributed by atoms with Crippen LogP contribution in [0.15, 0.2) is 71.1 Å². The Morgan fingerprint density at radius 2 is 1.65 bits per heavy atom. The second-order valence-corrected chi connectivity index (χ2v) is 8.14. The van der Waals surface area contributed by atoms with E-state index in [2.05, 4.69) is 0 Å². The Hall–Kier alpha value is -3.47. The van der Waals surface area contributed by atoms with Gasteiger partial charge in [0.15, 0.2) is 0 Å². The topological polar surface area (TPSA) is 33.5 Å². The van der Waals surface area contributed by atoms with Crippen LogP contribution in [-0.2, 0) is 0 Å². The van der Waals surface area contributed by atoms with Crippen LogP contribution in [0.4, 0.5) is 8.78 Å². The Bertz CT molecular complexity index is 1240. The zero-order valence-electron chi connectivity index (χ0n) is 17.7. The first kappa shape index (κ1) is 20.8. The van der Waals surface area contributed by atoms with Gasteiger partial charge in [-0.05, 0) is 72.1 Å². The lowest BCUT2D eigenvalue weighted by atomic mass is 10.0. The summed E-state index contributed by atoms with van der Waals surface area (Å²) in [5.41, 5.74) is 2.85. The first-order chi connectivity index (χ1) is 14.8. The average molecular weight is 419 g/mol. The Balaban J connectivity index is 1.69. The highest BCUT2D eigenvalue weighted by atomic mass is 19.1. The lowest BCUT2D eigenvalue weighted by Gasteiger charge is -2.20. The van der Waals surface area contributed by atoms with Crippen LogP contribution in [-0.4, -0.2) is 24.4 Å². The van der Waals surface area contributed by atoms with Crippen LogP contribution in [0.2, 0.25) is 0 Å². The van der Waals surface area contributed by atoms with Crippen molar-refractivity contribution in [2.75, 3.05) is 13.6 Å². The van der Waals surface area contributed by atoms with Gasteiger partial charge in [0.25, 0.3) is 5.91 Å². The van der Waals surface area contributed by atoms with Crippen LogP contribution >= 0.6 is 0 Å². The number of hydrogen-bond donors (Lipinski definition) is 0. The highest BCUT2D eigenvalue weighted by molar-refractivity contribution is 5.96. The van der Waals surface area contributed by atoms with E-state index in [0.29, 0.717) is 40.5 Å². The lowest BCUT2D eigenvalue weighted by Crippen LogP contribution is -2.30. The third-order valence-corrected chi connectivity index (χ3v) is 5.16. The second kappa shape index (κ2) is 8.34. The number of amides is 1. The summed E-state index contributed by atoms with van der Waals surface area (Å²) < 4.78 is 33.7. The van der Waals surface area contributed by atoms with Gasteiger partial charge in [-0.25, -0.2) is 8.78 Å². The van der Waals surface area contributed by atoms with Crippen molar-refractivity contribution in [3.05, 3.63) is 83.9 Å². The van der Waals surface area contributed by atoms with Crippen molar-refractivity contribution in [2.24, 2.45) is 5.92 Å². The molecule has 0 saturated carbocycles. The molecule has 3 aromatic carbocycles. The number of fused-ring (bicyclic) bond motifs is 1. The lowest BCUT2D eigenvalue weighted by molar-refractivity contribution is 0.0779. The van der Waals surface area contributed by atoms with Gasteiger partial charge >= 0.3 is 0 Å². The van der Waals surface area contributed by atoms with Crippen LogP contribution in [0.1, 0.15) is 24.2 Å². The minimum Gasteiger partial charge on any atom is -0.456 e. The van der Waals surface area contributed by atoms with Crippen LogP contribution < -0.4 is 0 Å². The van der Waals surface area contributed by atoms with E-state index in [9.17, 15) is 13.6 Å². The van der Waals surface area contributed by atoms with E-state index in [1.165, 1.54) is 24.3 Å². The van der Waals surface area contributed by atoms with E-state index in [1.807, 2.05) is 26.0 Å². The van der Waals surface area contributed by atoms with E-state index >= 15 is 0 Å². The standard InChI is InChI=1S/C26H23F2NO2/c1-16(2)15-29(3)26(30)19-6-10-23(28)22(13-19)18-7-11-24-20(12-18)14-25(31-24)17-4-8-21(27)9-5-17/h4-14,16H,15H2,1-3H3. The molecule has 0 aliphatic heterocycles. The molecule has 0 fully saturated rings. The van der Waals surface area contributed by atoms with Gasteiger partial charge in [0.05, 0.1) is 0 Å². The summed E-state index contributed by atoms with van der Waals surface area (Å²) in [5.74, 6) is 0.0909. The fraction of sp³-hybridized carbons (Fsp3) is 0.192. The van der Waals surface area contributed by atoms with Gasteiger partial charge < -0.3 is 9.32 Å². The van der Waals surface area contributed by atoms with Crippen molar-refractivity contribution in [2.45, 2.75) is 13.8 Å². The quantitative estimate of drug-likeness (QED) is 0.358. The normalized spacial score (nSPS) is 11.3. The summed E-state index contributed by atoms with van der Waals surface area (Å²) in [4.78, 5) is 14.4. The Morgan fingerprint density at radius 3 is 2.35 bits per heavy atom. The highest BCUT2D eigenvalue weighted by Crippen LogP contribution is 2.32. The molecule has 0 unspecified atom stereocenters. The molecule has 31 heavy (non-hydrogen) atoms. The summed E-state index contributed by atoms with van der Waals surface area (Å²) in [5, 5.41) is 0.796. The molecule has 158 valence electrons. The van der Waals surface area contributed by atoms with E-state index in [1.54, 1.807) is 42.3 Å². The predicted octanol–water partition coefficient (Wildman–Crippen LogP) is 6.77. The zero-order valence-corrected chi connectivity index (χ0v) is 17.7. The third-order valence-electron chi connectivity index (χ3n) is 5.16. The molecule has 4 aromatic rings. The molecule has 1 amide bonds. The predicted molar refractivity (Wildman–Crippen MR) is 119 cm³/mol. The molecule has 0 spiro atoms. The minimum absolute atomic E-state index is 0.141. The van der Waals surface area contributed by atoms with Crippen molar-refractivity contribution >= 4 is 16.9 Å². The fourth-order valence-electron chi connectivity index (χ4n) is 3.70. The summed E-state index contributed by atoms with van der Waals surface area (Å²) >= 11 is 0. The molecule has 0 atom stereocenters. The van der Waals surface area contributed by atoms with Crippen LogP contribution in [0.5, 0.6) is 0 Å². The second-order valence-electron chi connectivity index (χ2n) is 8.14. The van der Waals surface area contributed by atoms with Crippen molar-refractivity contribution < 1.29 is 18.0 Å². The summed E-state index contributed by atoms with van der Waals surface area (Å²) in [6, 6.07) is 17.7. The Morgan fingerprint density at radius 1 is 0.935 bits per heavy atom. The number of halogens is 2. The van der Waals surface area contributed by atoms with Gasteiger partial charge in [0.2, 0.25) is 0 Å². The molecule has 1 heterocycles. The molecule has 3 nitrogen and oxygen atoms in total. The first-order valence-corrected chi connectivity index (χ1v) is 10.2. The summed E-state index contributed by atoms with van der Waals surface area (Å²) in [7, 11) is 1.75. The van der Waals surface area contributed by atoms with Gasteiger partial charge in [0, 0.05) is 35.7 Å². The van der Waals surface area contributed by atoms with E-state index in [4.69, 9.17) is 4.42 Å². The SMILES string of the molecule is CC(C)CN(C)C(=O)c1ccc(F)c(-c2ccc3oc(-c4ccc(F)cc4)cc3c2)c1. The van der Waals surface area contributed by atoms with Crippen molar-refractivity contribution in [1.29, 1.82) is 0 Å². The molecule has 0 aliphatic carbocycles. The van der Waals surface area contributed by atoms with Gasteiger partial charge in [-0.15, -0.1) is 0 Å². The Kier molecular flexibility index (Phi) is 5.59. The molecule has 0 bridgehead atoms. The molecular formula is C26H23F2NO2. The number of benzene rings is 3. The fourth-order valence-corrected chi connectivity index (χ4v) is 3.70. The van der Waals surface area contributed by atoms with Crippen LogP contribution in [0.3, 0.4) is 0 Å². The average Bonchev–Trinajstić information content (AvgIpc) is 3.17. The summed E-state index contributed by atoms with van der Waals surface area (Å²) in [6.45, 7) is 4.71. The van der Waals surface area contributed by atoms with E-state index in [0.717, 1.165) is 10.9 Å². The molecule has 0 saturated heterocycles. The molecule has 0 radical (unpaired) electrons. The molecule has 4 rings (SSSR count). The molecule has 0 aliphatic rings. The van der Waals surface area contributed by atoms with Crippen molar-refractivity contribution in [3.8, 4) is 22.5 Å². The van der Waals surface area contributed by atoms with Crippen molar-refractivity contribution in [3.63, 3.8) is 0 Å². The number of carbonyl (C=O) groups excluding carboxylic acids is 1. The van der Waals surface area contributed by atoms with E-state index < -0.39 is 5.82 Å². The van der Waals surface area contributed by atoms with Gasteiger partial charge in [-0.3, -0.25) is 4.79 Å². The monoisotopic (exact) mass is 419 g/mol. The molecule has 1 aromatic heterocycles. The maximum atomic E-state index is 14.7. The van der Waals surface area contributed by atoms with Gasteiger partial charge in [-0.1, -0.05) is 19.9 Å². The maximum Gasteiger partial charge on any atom is 0.253 e. The van der Waals surface area contributed by atoms with Gasteiger partial charge in [0.1, 0.15) is 23.0 Å². The molecular weight excluding hydrogens is 396 g/mol. The molecule has 0 N–H and O–H groups in total. The number of furan rings is 1. The number of carbonyl (C=O) groups is 1. The maximum absolute atomic E-state index is 14.7. The number of hydrogen-bond acceptors (Lipinski definition) is 2. The first-order valence-electron chi connectivity index (χ1n) is 10.2. The third kappa shape index (κ3) is 4.36. The highest BCUT2D eigenvalue weighted by Gasteiger charge is 2.16. The molecule has 5 heteroatoms. The Labute approximate surface area is 179 Å². The number of nitrogens with zero attached hydrogens (tertiary/aromatic N) is 1. The van der Waals surface area contributed by atoms with Gasteiger partial charge in [-0.2, -0.15) is 0 Å². The minimum atomic E-state index is -0.398. The van der Waals surface area contributed by atoms with Crippen molar-refractivity contribution in [1.82, 2.24) is 4.90 Å². The largest absolute Gasteiger partial charge is 0.456 e. The summed E-state index contributed by atoms with van der Waals surface area (Å²) in [6.07, 6.45) is 0. The van der Waals surface area contributed by atoms with Crippen LogP contribution in [0, 0.1) is 17.6 Å². The smallest absolute Gasteiger partial charge is 0.253 e. The van der Waals surface area contributed by atoms with Crippen LogP contribution in [0.25, 0.3) is 33.4 Å². The zero-order chi connectivity index (χ0) is 22.1.